The number of rotatable bonds is 5. The highest BCUT2D eigenvalue weighted by molar-refractivity contribution is 6.30. The van der Waals surface area contributed by atoms with Gasteiger partial charge in [-0.05, 0) is 55.9 Å². The molecule has 1 aliphatic carbocycles. The number of nitrogens with one attached hydrogen (secondary N) is 1. The second-order valence-electron chi connectivity index (χ2n) is 8.40. The molecule has 0 atom stereocenters. The number of anilines is 2. The third-order valence-corrected chi connectivity index (χ3v) is 6.26. The number of aromatic nitrogens is 3. The van der Waals surface area contributed by atoms with Gasteiger partial charge in [0.25, 0.3) is 5.56 Å². The maximum Gasteiger partial charge on any atom is 0.252 e. The van der Waals surface area contributed by atoms with Crippen LogP contribution in [-0.4, -0.2) is 33.7 Å². The highest BCUT2D eigenvalue weighted by atomic mass is 35.5. The molecule has 0 spiro atoms. The summed E-state index contributed by atoms with van der Waals surface area (Å²) in [5, 5.41) is 13.2. The minimum atomic E-state index is -0.0560. The number of pyridine rings is 1. The number of nitrogens with zero attached hydrogens (tertiary/aromatic N) is 5. The smallest absolute Gasteiger partial charge is 0.252 e. The predicted molar refractivity (Wildman–Crippen MR) is 122 cm³/mol. The fourth-order valence-corrected chi connectivity index (χ4v) is 4.24. The Balaban J connectivity index is 1.36. The van der Waals surface area contributed by atoms with Crippen LogP contribution >= 0.6 is 11.6 Å². The summed E-state index contributed by atoms with van der Waals surface area (Å²) in [6, 6.07) is 11.3. The molecule has 1 saturated carbocycles. The van der Waals surface area contributed by atoms with Crippen LogP contribution in [0.4, 0.5) is 11.6 Å². The van der Waals surface area contributed by atoms with Crippen molar-refractivity contribution in [2.75, 3.05) is 23.3 Å². The van der Waals surface area contributed by atoms with Crippen molar-refractivity contribution >= 4 is 34.3 Å². The lowest BCUT2D eigenvalue weighted by atomic mass is 9.96. The van der Waals surface area contributed by atoms with Gasteiger partial charge in [-0.2, -0.15) is 5.26 Å². The van der Waals surface area contributed by atoms with Crippen LogP contribution in [0.15, 0.2) is 41.3 Å². The van der Waals surface area contributed by atoms with Crippen molar-refractivity contribution in [1.29, 1.82) is 5.26 Å². The summed E-state index contributed by atoms with van der Waals surface area (Å²) in [7, 11) is 0. The Morgan fingerprint density at radius 2 is 1.90 bits per heavy atom. The Labute approximate surface area is 185 Å². The molecule has 31 heavy (non-hydrogen) atoms. The van der Waals surface area contributed by atoms with Gasteiger partial charge >= 0.3 is 0 Å². The van der Waals surface area contributed by atoms with Crippen molar-refractivity contribution in [2.24, 2.45) is 5.92 Å². The fraction of sp³-hybridized carbons (Fsp3) is 0.391. The Morgan fingerprint density at radius 1 is 1.10 bits per heavy atom. The lowest BCUT2D eigenvalue weighted by Gasteiger charge is -2.34. The number of halogens is 1. The normalized spacial score (nSPS) is 17.0. The lowest BCUT2D eigenvalue weighted by Crippen LogP contribution is -2.37. The zero-order valence-corrected chi connectivity index (χ0v) is 17.8. The van der Waals surface area contributed by atoms with Crippen molar-refractivity contribution in [3.8, 4) is 6.07 Å². The Kier molecular flexibility index (Phi) is 5.24. The summed E-state index contributed by atoms with van der Waals surface area (Å²) < 4.78 is 1.74. The van der Waals surface area contributed by atoms with E-state index in [0.29, 0.717) is 29.1 Å². The quantitative estimate of drug-likeness (QED) is 0.657. The molecule has 8 heteroatoms. The van der Waals surface area contributed by atoms with Gasteiger partial charge in [-0.1, -0.05) is 11.6 Å². The molecular weight excluding hydrogens is 412 g/mol. The molecule has 1 aromatic carbocycles. The van der Waals surface area contributed by atoms with E-state index in [1.165, 1.54) is 6.07 Å². The van der Waals surface area contributed by atoms with Crippen molar-refractivity contribution in [3.05, 3.63) is 57.5 Å². The van der Waals surface area contributed by atoms with Gasteiger partial charge in [0.2, 0.25) is 0 Å². The zero-order chi connectivity index (χ0) is 21.4. The topological polar surface area (TPSA) is 86.8 Å². The van der Waals surface area contributed by atoms with Gasteiger partial charge in [-0.25, -0.2) is 9.97 Å². The number of benzene rings is 1. The maximum atomic E-state index is 12.1. The van der Waals surface area contributed by atoms with Crippen molar-refractivity contribution in [2.45, 2.75) is 38.3 Å². The van der Waals surface area contributed by atoms with Gasteiger partial charge in [-0.3, -0.25) is 4.79 Å². The van der Waals surface area contributed by atoms with Gasteiger partial charge in [0.05, 0.1) is 22.7 Å². The molecule has 1 aliphatic heterocycles. The average Bonchev–Trinajstić information content (AvgIpc) is 3.59. The average molecular weight is 435 g/mol. The fourth-order valence-electron chi connectivity index (χ4n) is 4.09. The number of fused-ring (bicyclic) bond motifs is 1. The predicted octanol–water partition coefficient (Wildman–Crippen LogP) is 3.81. The van der Waals surface area contributed by atoms with Gasteiger partial charge in [0.1, 0.15) is 0 Å². The first kappa shape index (κ1) is 19.8. The molecule has 2 aliphatic rings. The molecule has 1 saturated heterocycles. The van der Waals surface area contributed by atoms with Gasteiger partial charge in [0, 0.05) is 43.0 Å². The zero-order valence-electron chi connectivity index (χ0n) is 17.1. The van der Waals surface area contributed by atoms with E-state index >= 15 is 0 Å². The van der Waals surface area contributed by atoms with Crippen LogP contribution in [-0.2, 0) is 6.54 Å². The molecule has 1 N–H and O–H groups in total. The van der Waals surface area contributed by atoms with Gasteiger partial charge in [0.15, 0.2) is 11.6 Å². The highest BCUT2D eigenvalue weighted by Crippen LogP contribution is 2.33. The first-order valence-corrected chi connectivity index (χ1v) is 11.1. The lowest BCUT2D eigenvalue weighted by molar-refractivity contribution is 0.352. The largest absolute Gasteiger partial charge is 0.364 e. The van der Waals surface area contributed by atoms with Crippen LogP contribution in [0.5, 0.6) is 0 Å². The summed E-state index contributed by atoms with van der Waals surface area (Å²) >= 11 is 5.91. The first-order chi connectivity index (χ1) is 15.1. The van der Waals surface area contributed by atoms with Crippen molar-refractivity contribution in [3.63, 3.8) is 0 Å². The molecule has 2 aromatic heterocycles. The third kappa shape index (κ3) is 4.35. The molecule has 0 amide bonds. The van der Waals surface area contributed by atoms with E-state index in [2.05, 4.69) is 16.3 Å². The Bertz CT molecular complexity index is 1220. The molecule has 0 radical (unpaired) electrons. The summed E-state index contributed by atoms with van der Waals surface area (Å²) in [6.07, 6.45) is 6.02. The monoisotopic (exact) mass is 434 g/mol. The van der Waals surface area contributed by atoms with E-state index in [1.807, 2.05) is 6.07 Å². The SMILES string of the molecule is N#Cc1ccc2nc(NC3CC3)c(N3CCC(Cn4ccc(Cl)cc4=O)CC3)nc2c1. The molecule has 5 rings (SSSR count). The Morgan fingerprint density at radius 3 is 2.61 bits per heavy atom. The van der Waals surface area contributed by atoms with Crippen molar-refractivity contribution < 1.29 is 0 Å². The number of hydrogen-bond acceptors (Lipinski definition) is 6. The summed E-state index contributed by atoms with van der Waals surface area (Å²) in [4.78, 5) is 24.2. The van der Waals surface area contributed by atoms with Gasteiger partial charge < -0.3 is 14.8 Å². The minimum Gasteiger partial charge on any atom is -0.364 e. The van der Waals surface area contributed by atoms with E-state index < -0.39 is 0 Å². The van der Waals surface area contributed by atoms with Crippen LogP contribution < -0.4 is 15.8 Å². The number of piperidine rings is 1. The molecule has 3 aromatic rings. The minimum absolute atomic E-state index is 0.0560. The standard InChI is InChI=1S/C23H23ClN6O/c24-17-7-10-30(21(31)12-17)14-15-5-8-29(9-6-15)23-22(26-18-2-3-18)27-19-4-1-16(13-25)11-20(19)28-23/h1,4,7,10-12,15,18H,2-3,5-6,8-9,14H2,(H,26,27). The van der Waals surface area contributed by atoms with E-state index in [4.69, 9.17) is 21.6 Å². The molecule has 7 nitrogen and oxygen atoms in total. The van der Waals surface area contributed by atoms with Gasteiger partial charge in [-0.15, -0.1) is 0 Å². The first-order valence-electron chi connectivity index (χ1n) is 10.7. The second kappa shape index (κ2) is 8.20. The summed E-state index contributed by atoms with van der Waals surface area (Å²) in [6.45, 7) is 2.40. The number of nitriles is 1. The highest BCUT2D eigenvalue weighted by Gasteiger charge is 2.27. The van der Waals surface area contributed by atoms with Crippen molar-refractivity contribution in [1.82, 2.24) is 14.5 Å². The second-order valence-corrected chi connectivity index (χ2v) is 8.83. The van der Waals surface area contributed by atoms with Crippen LogP contribution in [0.3, 0.4) is 0 Å². The molecule has 0 unspecified atom stereocenters. The summed E-state index contributed by atoms with van der Waals surface area (Å²) in [5.74, 6) is 2.11. The molecule has 158 valence electrons. The van der Waals surface area contributed by atoms with Crippen LogP contribution in [0, 0.1) is 17.2 Å². The van der Waals surface area contributed by atoms with E-state index in [-0.39, 0.29) is 5.56 Å². The molecule has 2 fully saturated rings. The number of hydrogen-bond donors (Lipinski definition) is 1. The van der Waals surface area contributed by atoms with E-state index in [0.717, 1.165) is 61.4 Å². The molecule has 0 bridgehead atoms. The van der Waals surface area contributed by atoms with Crippen LogP contribution in [0.25, 0.3) is 11.0 Å². The third-order valence-electron chi connectivity index (χ3n) is 6.02. The van der Waals surface area contributed by atoms with E-state index in [1.54, 1.807) is 29.0 Å². The maximum absolute atomic E-state index is 12.1. The van der Waals surface area contributed by atoms with E-state index in [9.17, 15) is 10.1 Å². The van der Waals surface area contributed by atoms with Crippen LogP contribution in [0.2, 0.25) is 5.02 Å². The molecular formula is C23H23ClN6O. The summed E-state index contributed by atoms with van der Waals surface area (Å²) in [5.41, 5.74) is 2.07. The Hall–Kier alpha value is -3.11. The molecule has 3 heterocycles. The van der Waals surface area contributed by atoms with Crippen LogP contribution in [0.1, 0.15) is 31.2 Å².